The van der Waals surface area contributed by atoms with E-state index in [0.717, 1.165) is 28.2 Å². The molecular weight excluding hydrogens is 584 g/mol. The van der Waals surface area contributed by atoms with Gasteiger partial charge in [-0.15, -0.1) is 11.8 Å². The zero-order chi connectivity index (χ0) is 28.5. The molecule has 3 aromatic rings. The van der Waals surface area contributed by atoms with Gasteiger partial charge in [0.15, 0.2) is 9.84 Å². The number of benzene rings is 3. The number of carbonyl (C=O) groups is 2. The van der Waals surface area contributed by atoms with E-state index in [0.29, 0.717) is 35.4 Å². The van der Waals surface area contributed by atoms with E-state index in [1.165, 1.54) is 23.9 Å². The number of rotatable bonds is 6. The van der Waals surface area contributed by atoms with Crippen LogP contribution >= 0.6 is 23.4 Å². The largest absolute Gasteiger partial charge is 0.416 e. The lowest BCUT2D eigenvalue weighted by Crippen LogP contribution is -2.43. The SMILES string of the molecule is O=C1CCC(=O)OC2(CNCCc3c2ccc(Cl)c3SCc2ccc(S(=O)(=O)Cc3ccc(F)cc3F)cc2)O1. The molecule has 1 saturated heterocycles. The number of esters is 2. The lowest BCUT2D eigenvalue weighted by Gasteiger charge is -2.32. The van der Waals surface area contributed by atoms with Crippen molar-refractivity contribution in [1.82, 2.24) is 5.32 Å². The maximum Gasteiger partial charge on any atom is 0.309 e. The molecule has 40 heavy (non-hydrogen) atoms. The minimum Gasteiger partial charge on any atom is -0.416 e. The van der Waals surface area contributed by atoms with E-state index >= 15 is 0 Å². The Morgan fingerprint density at radius 2 is 1.65 bits per heavy atom. The van der Waals surface area contributed by atoms with E-state index in [9.17, 15) is 26.8 Å². The van der Waals surface area contributed by atoms with Gasteiger partial charge in [0.2, 0.25) is 0 Å². The molecule has 0 bridgehead atoms. The molecule has 1 N–H and O–H groups in total. The van der Waals surface area contributed by atoms with Crippen LogP contribution in [0.4, 0.5) is 8.78 Å². The fraction of sp³-hybridized carbons (Fsp3) is 0.286. The van der Waals surface area contributed by atoms with E-state index in [4.69, 9.17) is 21.1 Å². The molecule has 5 rings (SSSR count). The van der Waals surface area contributed by atoms with E-state index in [1.54, 1.807) is 24.3 Å². The van der Waals surface area contributed by atoms with Gasteiger partial charge in [0.25, 0.3) is 5.79 Å². The van der Waals surface area contributed by atoms with Crippen LogP contribution in [0, 0.1) is 11.6 Å². The standard InChI is InChI=1S/C28H24ClF2NO6S2/c29-23-8-7-22-21(11-12-32-16-28(22)37-25(33)9-10-26(34)38-28)27(23)39-14-17-1-5-20(6-2-17)40(35,36)15-18-3-4-19(30)13-24(18)31/h1-8,13,32H,9-12,14-16H2. The highest BCUT2D eigenvalue weighted by Gasteiger charge is 2.46. The fourth-order valence-electron chi connectivity index (χ4n) is 4.67. The Hall–Kier alpha value is -2.99. The molecule has 0 atom stereocenters. The fourth-order valence-corrected chi connectivity index (χ4v) is 7.47. The normalized spacial score (nSPS) is 17.0. The van der Waals surface area contributed by atoms with Crippen molar-refractivity contribution in [2.75, 3.05) is 13.1 Å². The lowest BCUT2D eigenvalue weighted by molar-refractivity contribution is -0.225. The van der Waals surface area contributed by atoms with Crippen molar-refractivity contribution < 1.29 is 36.3 Å². The Balaban J connectivity index is 1.37. The summed E-state index contributed by atoms with van der Waals surface area (Å²) >= 11 is 8.01. The maximum absolute atomic E-state index is 14.0. The average Bonchev–Trinajstić information content (AvgIpc) is 3.17. The molecule has 2 heterocycles. The van der Waals surface area contributed by atoms with E-state index in [2.05, 4.69) is 5.32 Å². The number of hydrogen-bond acceptors (Lipinski definition) is 8. The first kappa shape index (κ1) is 28.5. The van der Waals surface area contributed by atoms with Crippen LogP contribution in [0.25, 0.3) is 0 Å². The quantitative estimate of drug-likeness (QED) is 0.307. The van der Waals surface area contributed by atoms with Crippen LogP contribution in [0.15, 0.2) is 64.4 Å². The summed E-state index contributed by atoms with van der Waals surface area (Å²) in [6.45, 7) is 0.653. The molecule has 1 spiro atoms. The van der Waals surface area contributed by atoms with Gasteiger partial charge in [0, 0.05) is 27.8 Å². The van der Waals surface area contributed by atoms with E-state index in [-0.39, 0.29) is 29.8 Å². The summed E-state index contributed by atoms with van der Waals surface area (Å²) in [5.74, 6) is -4.49. The third-order valence-electron chi connectivity index (χ3n) is 6.65. The molecule has 7 nitrogen and oxygen atoms in total. The third kappa shape index (κ3) is 6.02. The molecule has 0 amide bonds. The Morgan fingerprint density at radius 3 is 2.33 bits per heavy atom. The van der Waals surface area contributed by atoms with Gasteiger partial charge in [0.1, 0.15) is 11.6 Å². The zero-order valence-corrected chi connectivity index (χ0v) is 23.4. The predicted molar refractivity (Wildman–Crippen MR) is 144 cm³/mol. The Morgan fingerprint density at radius 1 is 0.950 bits per heavy atom. The van der Waals surface area contributed by atoms with Gasteiger partial charge in [-0.25, -0.2) is 17.2 Å². The summed E-state index contributed by atoms with van der Waals surface area (Å²) in [6.07, 6.45) is 0.428. The summed E-state index contributed by atoms with van der Waals surface area (Å²) in [5.41, 5.74) is 2.05. The van der Waals surface area contributed by atoms with Gasteiger partial charge in [-0.2, -0.15) is 0 Å². The number of sulfone groups is 1. The number of ether oxygens (including phenoxy) is 2. The topological polar surface area (TPSA) is 98.8 Å². The maximum atomic E-state index is 14.0. The van der Waals surface area contributed by atoms with Crippen LogP contribution < -0.4 is 5.32 Å². The number of nitrogens with one attached hydrogen (secondary N) is 1. The van der Waals surface area contributed by atoms with Crippen molar-refractivity contribution in [3.8, 4) is 0 Å². The van der Waals surface area contributed by atoms with Gasteiger partial charge < -0.3 is 14.8 Å². The van der Waals surface area contributed by atoms with Crippen molar-refractivity contribution in [2.24, 2.45) is 0 Å². The number of carbonyl (C=O) groups excluding carboxylic acids is 2. The van der Waals surface area contributed by atoms with Crippen LogP contribution in [-0.2, 0) is 52.6 Å². The minimum atomic E-state index is -3.86. The van der Waals surface area contributed by atoms with Crippen LogP contribution in [0.1, 0.15) is 35.1 Å². The summed E-state index contributed by atoms with van der Waals surface area (Å²) < 4.78 is 64.2. The summed E-state index contributed by atoms with van der Waals surface area (Å²) in [4.78, 5) is 25.4. The highest BCUT2D eigenvalue weighted by Crippen LogP contribution is 2.42. The predicted octanol–water partition coefficient (Wildman–Crippen LogP) is 5.06. The Kier molecular flexibility index (Phi) is 8.19. The minimum absolute atomic E-state index is 0.0154. The van der Waals surface area contributed by atoms with E-state index in [1.807, 2.05) is 0 Å². The monoisotopic (exact) mass is 607 g/mol. The number of thioether (sulfide) groups is 1. The van der Waals surface area contributed by atoms with Gasteiger partial charge in [0.05, 0.1) is 35.1 Å². The zero-order valence-electron chi connectivity index (χ0n) is 21.0. The molecular formula is C28H24ClF2NO6S2. The Labute approximate surface area is 239 Å². The molecule has 0 radical (unpaired) electrons. The second-order valence-corrected chi connectivity index (χ2v) is 12.8. The van der Waals surface area contributed by atoms with Gasteiger partial charge >= 0.3 is 11.9 Å². The van der Waals surface area contributed by atoms with Crippen molar-refractivity contribution in [2.45, 2.75) is 46.3 Å². The molecule has 0 saturated carbocycles. The van der Waals surface area contributed by atoms with E-state index < -0.39 is 45.0 Å². The summed E-state index contributed by atoms with van der Waals surface area (Å²) in [6, 6.07) is 12.4. The number of halogens is 3. The number of hydrogen-bond donors (Lipinski definition) is 1. The first-order valence-electron chi connectivity index (χ1n) is 12.4. The van der Waals surface area contributed by atoms with Crippen molar-refractivity contribution in [3.63, 3.8) is 0 Å². The van der Waals surface area contributed by atoms with Crippen LogP contribution in [0.2, 0.25) is 5.02 Å². The summed E-state index contributed by atoms with van der Waals surface area (Å²) in [7, 11) is -3.86. The molecule has 12 heteroatoms. The number of fused-ring (bicyclic) bond motifs is 2. The molecule has 3 aromatic carbocycles. The van der Waals surface area contributed by atoms with Crippen molar-refractivity contribution in [3.05, 3.63) is 93.5 Å². The highest BCUT2D eigenvalue weighted by atomic mass is 35.5. The highest BCUT2D eigenvalue weighted by molar-refractivity contribution is 7.98. The molecule has 0 unspecified atom stereocenters. The van der Waals surface area contributed by atoms with Crippen molar-refractivity contribution >= 4 is 45.1 Å². The van der Waals surface area contributed by atoms with Gasteiger partial charge in [-0.3, -0.25) is 9.59 Å². The van der Waals surface area contributed by atoms with Crippen LogP contribution in [-0.4, -0.2) is 33.4 Å². The van der Waals surface area contributed by atoms with Gasteiger partial charge in [-0.05, 0) is 54.4 Å². The second kappa shape index (κ2) is 11.5. The molecule has 1 fully saturated rings. The molecule has 2 aliphatic heterocycles. The molecule has 210 valence electrons. The Bertz CT molecular complexity index is 1560. The summed E-state index contributed by atoms with van der Waals surface area (Å²) in [5, 5.41) is 3.66. The molecule has 0 aromatic heterocycles. The average molecular weight is 608 g/mol. The second-order valence-electron chi connectivity index (χ2n) is 9.46. The van der Waals surface area contributed by atoms with Crippen molar-refractivity contribution in [1.29, 1.82) is 0 Å². The third-order valence-corrected chi connectivity index (χ3v) is 9.99. The van der Waals surface area contributed by atoms with Gasteiger partial charge in [-0.1, -0.05) is 29.8 Å². The molecule has 2 aliphatic rings. The smallest absolute Gasteiger partial charge is 0.309 e. The first-order valence-corrected chi connectivity index (χ1v) is 15.4. The first-order chi connectivity index (χ1) is 19.1. The molecule has 0 aliphatic carbocycles. The van der Waals surface area contributed by atoms with Crippen LogP contribution in [0.3, 0.4) is 0 Å². The lowest BCUT2D eigenvalue weighted by atomic mass is 9.98. The van der Waals surface area contributed by atoms with Crippen LogP contribution in [0.5, 0.6) is 0 Å².